The molecular formula is C21H18Cl2F4N4O3. The summed E-state index contributed by atoms with van der Waals surface area (Å²) in [5.74, 6) is -1.75. The van der Waals surface area contributed by atoms with E-state index in [0.29, 0.717) is 15.3 Å². The highest BCUT2D eigenvalue weighted by Gasteiger charge is 2.29. The highest BCUT2D eigenvalue weighted by Crippen LogP contribution is 2.24. The first-order valence-corrected chi connectivity index (χ1v) is 10.6. The Morgan fingerprint density at radius 3 is 2.44 bits per heavy atom. The van der Waals surface area contributed by atoms with Gasteiger partial charge in [0.15, 0.2) is 5.82 Å². The van der Waals surface area contributed by atoms with Crippen LogP contribution in [0.3, 0.4) is 0 Å². The summed E-state index contributed by atoms with van der Waals surface area (Å²) in [6, 6.07) is 8.77. The van der Waals surface area contributed by atoms with Gasteiger partial charge in [0.05, 0.1) is 24.1 Å². The topological polar surface area (TPSA) is 89.2 Å². The second-order valence-corrected chi connectivity index (χ2v) is 8.08. The number of hydrogen-bond acceptors (Lipinski definition) is 4. The highest BCUT2D eigenvalue weighted by molar-refractivity contribution is 6.31. The van der Waals surface area contributed by atoms with Crippen LogP contribution in [0, 0.1) is 5.82 Å². The Bertz CT molecular complexity index is 1230. The first-order chi connectivity index (χ1) is 16.0. The summed E-state index contributed by atoms with van der Waals surface area (Å²) in [7, 11) is 0. The number of aliphatic hydroxyl groups excluding tert-OH is 1. The third-order valence-corrected chi connectivity index (χ3v) is 5.36. The van der Waals surface area contributed by atoms with Gasteiger partial charge in [0.1, 0.15) is 12.4 Å². The van der Waals surface area contributed by atoms with Crippen molar-refractivity contribution >= 4 is 29.1 Å². The Balaban J connectivity index is 1.88. The zero-order valence-electron chi connectivity index (χ0n) is 17.3. The van der Waals surface area contributed by atoms with Gasteiger partial charge in [-0.3, -0.25) is 9.36 Å². The Morgan fingerprint density at radius 2 is 1.82 bits per heavy atom. The maximum absolute atomic E-state index is 14.3. The van der Waals surface area contributed by atoms with Gasteiger partial charge in [0, 0.05) is 22.7 Å². The number of carbonyl (C=O) groups excluding carboxylic acids is 1. The molecule has 7 nitrogen and oxygen atoms in total. The van der Waals surface area contributed by atoms with Crippen LogP contribution < -0.4 is 11.0 Å². The van der Waals surface area contributed by atoms with Crippen LogP contribution in [0.25, 0.3) is 11.4 Å². The fraction of sp³-hybridized carbons (Fsp3) is 0.286. The second-order valence-electron chi connectivity index (χ2n) is 7.23. The smallest absolute Gasteiger partial charge is 0.390 e. The lowest BCUT2D eigenvalue weighted by Gasteiger charge is -2.17. The quantitative estimate of drug-likeness (QED) is 0.440. The number of amides is 1. The summed E-state index contributed by atoms with van der Waals surface area (Å²) in [6.07, 6.45) is -5.81. The molecule has 1 atom stereocenters. The van der Waals surface area contributed by atoms with E-state index >= 15 is 0 Å². The van der Waals surface area contributed by atoms with Crippen molar-refractivity contribution in [3.05, 3.63) is 74.4 Å². The number of aliphatic hydroxyl groups is 1. The monoisotopic (exact) mass is 520 g/mol. The van der Waals surface area contributed by atoms with Gasteiger partial charge in [-0.15, -0.1) is 5.10 Å². The van der Waals surface area contributed by atoms with Gasteiger partial charge in [-0.25, -0.2) is 13.9 Å². The normalized spacial score (nSPS) is 12.6. The van der Waals surface area contributed by atoms with E-state index in [9.17, 15) is 32.3 Å². The van der Waals surface area contributed by atoms with Crippen LogP contribution in [-0.4, -0.2) is 38.1 Å². The van der Waals surface area contributed by atoms with E-state index in [0.717, 1.165) is 4.57 Å². The Labute approximate surface area is 200 Å². The van der Waals surface area contributed by atoms with Crippen LogP contribution in [0.5, 0.6) is 0 Å². The molecule has 2 N–H and O–H groups in total. The summed E-state index contributed by atoms with van der Waals surface area (Å²) >= 11 is 11.6. The molecule has 2 aromatic carbocycles. The molecule has 0 saturated carbocycles. The van der Waals surface area contributed by atoms with Crippen LogP contribution >= 0.6 is 23.2 Å². The lowest BCUT2D eigenvalue weighted by atomic mass is 10.1. The minimum atomic E-state index is -4.52. The summed E-state index contributed by atoms with van der Waals surface area (Å²) in [5.41, 5.74) is -0.704. The molecular weight excluding hydrogens is 503 g/mol. The molecule has 1 amide bonds. The van der Waals surface area contributed by atoms with Gasteiger partial charge >= 0.3 is 11.9 Å². The predicted molar refractivity (Wildman–Crippen MR) is 117 cm³/mol. The first-order valence-electron chi connectivity index (χ1n) is 9.84. The largest absolute Gasteiger partial charge is 0.394 e. The van der Waals surface area contributed by atoms with E-state index in [1.807, 2.05) is 0 Å². The SMILES string of the molecule is O=C(Cn1nc(-c2ccc(Cl)cc2)n(CCC(F)(F)F)c1=O)NC(CO)c1cccc(Cl)c1F. The van der Waals surface area contributed by atoms with E-state index < -0.39 is 55.7 Å². The molecule has 0 fully saturated rings. The molecule has 3 aromatic rings. The average molecular weight is 521 g/mol. The minimum absolute atomic E-state index is 0.0757. The molecule has 0 saturated heterocycles. The maximum atomic E-state index is 14.3. The fourth-order valence-corrected chi connectivity index (χ4v) is 3.49. The molecule has 0 aliphatic rings. The molecule has 0 aliphatic heterocycles. The minimum Gasteiger partial charge on any atom is -0.394 e. The van der Waals surface area contributed by atoms with Crippen molar-refractivity contribution < 1.29 is 27.5 Å². The number of hydrogen-bond donors (Lipinski definition) is 2. The van der Waals surface area contributed by atoms with E-state index in [4.69, 9.17) is 23.2 Å². The van der Waals surface area contributed by atoms with Crippen molar-refractivity contribution in [2.75, 3.05) is 6.61 Å². The third kappa shape index (κ3) is 6.16. The molecule has 3 rings (SSSR count). The maximum Gasteiger partial charge on any atom is 0.390 e. The van der Waals surface area contributed by atoms with Crippen LogP contribution in [0.15, 0.2) is 47.3 Å². The van der Waals surface area contributed by atoms with Crippen LogP contribution in [-0.2, 0) is 17.9 Å². The summed E-state index contributed by atoms with van der Waals surface area (Å²) < 4.78 is 54.2. The number of aromatic nitrogens is 3. The lowest BCUT2D eigenvalue weighted by Crippen LogP contribution is -2.37. The van der Waals surface area contributed by atoms with Crippen molar-refractivity contribution in [2.45, 2.75) is 31.7 Å². The molecule has 0 radical (unpaired) electrons. The van der Waals surface area contributed by atoms with Gasteiger partial charge in [-0.1, -0.05) is 35.3 Å². The lowest BCUT2D eigenvalue weighted by molar-refractivity contribution is -0.136. The van der Waals surface area contributed by atoms with Crippen molar-refractivity contribution in [1.29, 1.82) is 0 Å². The van der Waals surface area contributed by atoms with Crippen molar-refractivity contribution in [1.82, 2.24) is 19.7 Å². The Morgan fingerprint density at radius 1 is 1.15 bits per heavy atom. The number of benzene rings is 2. The van der Waals surface area contributed by atoms with Crippen LogP contribution in [0.1, 0.15) is 18.0 Å². The van der Waals surface area contributed by atoms with Crippen LogP contribution in [0.4, 0.5) is 17.6 Å². The molecule has 13 heteroatoms. The molecule has 182 valence electrons. The van der Waals surface area contributed by atoms with Gasteiger partial charge in [-0.05, 0) is 30.3 Å². The molecule has 1 heterocycles. The molecule has 1 unspecified atom stereocenters. The van der Waals surface area contributed by atoms with E-state index in [-0.39, 0.29) is 16.4 Å². The standard InChI is InChI=1S/C21H18Cl2F4N4O3/c22-13-6-4-12(5-7-13)19-29-31(20(34)30(19)9-8-21(25,26)27)10-17(33)28-16(11-32)14-2-1-3-15(23)18(14)24/h1-7,16,32H,8-11H2,(H,28,33). The first kappa shape index (κ1) is 25.7. The second kappa shape index (κ2) is 10.6. The van der Waals surface area contributed by atoms with Crippen molar-refractivity contribution in [3.63, 3.8) is 0 Å². The summed E-state index contributed by atoms with van der Waals surface area (Å²) in [4.78, 5) is 25.3. The van der Waals surface area contributed by atoms with E-state index in [1.165, 1.54) is 42.5 Å². The van der Waals surface area contributed by atoms with E-state index in [1.54, 1.807) is 0 Å². The highest BCUT2D eigenvalue weighted by atomic mass is 35.5. The number of alkyl halides is 3. The fourth-order valence-electron chi connectivity index (χ4n) is 3.18. The number of halogens is 6. The van der Waals surface area contributed by atoms with Crippen LogP contribution in [0.2, 0.25) is 10.0 Å². The molecule has 0 spiro atoms. The number of nitrogens with zero attached hydrogens (tertiary/aromatic N) is 3. The van der Waals surface area contributed by atoms with Crippen molar-refractivity contribution in [2.24, 2.45) is 0 Å². The van der Waals surface area contributed by atoms with Gasteiger partial charge in [0.25, 0.3) is 0 Å². The number of nitrogens with one attached hydrogen (secondary N) is 1. The van der Waals surface area contributed by atoms with Crippen molar-refractivity contribution in [3.8, 4) is 11.4 Å². The molecule has 0 bridgehead atoms. The Kier molecular flexibility index (Phi) is 8.01. The number of rotatable bonds is 8. The Hall–Kier alpha value is -2.89. The number of carbonyl (C=O) groups is 1. The van der Waals surface area contributed by atoms with Gasteiger partial charge < -0.3 is 10.4 Å². The van der Waals surface area contributed by atoms with Gasteiger partial charge in [0.2, 0.25) is 5.91 Å². The molecule has 34 heavy (non-hydrogen) atoms. The van der Waals surface area contributed by atoms with E-state index in [2.05, 4.69) is 10.4 Å². The third-order valence-electron chi connectivity index (χ3n) is 4.81. The van der Waals surface area contributed by atoms with Gasteiger partial charge in [-0.2, -0.15) is 13.2 Å². The summed E-state index contributed by atoms with van der Waals surface area (Å²) in [6.45, 7) is -2.07. The molecule has 0 aliphatic carbocycles. The zero-order chi connectivity index (χ0) is 25.0. The average Bonchev–Trinajstić information content (AvgIpc) is 3.08. The molecule has 1 aromatic heterocycles. The predicted octanol–water partition coefficient (Wildman–Crippen LogP) is 3.96. The summed E-state index contributed by atoms with van der Waals surface area (Å²) in [5, 5.41) is 16.2. The zero-order valence-corrected chi connectivity index (χ0v) is 18.8.